The Kier molecular flexibility index (Phi) is 10.5. The number of nitrogens with one attached hydrogen (secondary N) is 1. The standard InChI is InChI=1S/C22H18N2O4S.C9H17NO2/c1-27-20-12-16-17(13-18(20)25)23-10-9-19(16)28-15-5-2-4-14(7-8-15)24-22(26)21-6-3-11-29-21;1-2-8(10)9(11)12-7-5-3-4-6-7/h2-4,6-13,25H,5H2,1H3,(H,24,26);7-8H,2-6,10H2,1H3. The number of aromatic nitrogens is 1. The van der Waals surface area contributed by atoms with E-state index < -0.39 is 6.04 Å². The number of rotatable bonds is 8. The van der Waals surface area contributed by atoms with Crippen LogP contribution in [0.1, 0.15) is 55.1 Å². The summed E-state index contributed by atoms with van der Waals surface area (Å²) in [5, 5.41) is 15.4. The molecule has 5 rings (SSSR count). The van der Waals surface area contributed by atoms with Crippen LogP contribution >= 0.6 is 11.3 Å². The summed E-state index contributed by atoms with van der Waals surface area (Å²) in [6.45, 7) is 1.89. The number of nitrogens with two attached hydrogens (primary N) is 1. The van der Waals surface area contributed by atoms with Crippen molar-refractivity contribution in [3.8, 4) is 17.2 Å². The first kappa shape index (κ1) is 29.8. The molecule has 0 saturated heterocycles. The summed E-state index contributed by atoms with van der Waals surface area (Å²) in [4.78, 5) is 28.3. The number of fused-ring (bicyclic) bond motifs is 1. The summed E-state index contributed by atoms with van der Waals surface area (Å²) in [7, 11) is 1.49. The highest BCUT2D eigenvalue weighted by atomic mass is 32.1. The van der Waals surface area contributed by atoms with Crippen LogP contribution < -0.4 is 20.5 Å². The number of pyridine rings is 1. The molecule has 216 valence electrons. The predicted molar refractivity (Wildman–Crippen MR) is 159 cm³/mol. The zero-order chi connectivity index (χ0) is 29.2. The van der Waals surface area contributed by atoms with Crippen molar-refractivity contribution in [3.63, 3.8) is 0 Å². The molecule has 1 aromatic carbocycles. The average molecular weight is 578 g/mol. The normalized spacial score (nSPS) is 15.6. The van der Waals surface area contributed by atoms with E-state index in [9.17, 15) is 14.7 Å². The van der Waals surface area contributed by atoms with Crippen LogP contribution in [0.25, 0.3) is 10.9 Å². The van der Waals surface area contributed by atoms with E-state index in [2.05, 4.69) is 10.3 Å². The molecule has 2 heterocycles. The van der Waals surface area contributed by atoms with Crippen molar-refractivity contribution >= 4 is 34.1 Å². The number of methoxy groups -OCH3 is 1. The van der Waals surface area contributed by atoms with E-state index in [1.807, 2.05) is 36.6 Å². The molecular weight excluding hydrogens is 542 g/mol. The van der Waals surface area contributed by atoms with Crippen LogP contribution in [0.5, 0.6) is 17.2 Å². The molecular formula is C31H35N3O6S. The minimum atomic E-state index is -0.425. The molecule has 1 saturated carbocycles. The van der Waals surface area contributed by atoms with Gasteiger partial charge in [-0.05, 0) is 73.9 Å². The number of amides is 1. The minimum Gasteiger partial charge on any atom is -0.504 e. The maximum absolute atomic E-state index is 12.2. The first-order chi connectivity index (χ1) is 19.9. The van der Waals surface area contributed by atoms with Gasteiger partial charge in [0.15, 0.2) is 11.5 Å². The third-order valence-electron chi connectivity index (χ3n) is 6.64. The number of nitrogens with zero attached hydrogens (tertiary/aromatic N) is 1. The van der Waals surface area contributed by atoms with Crippen LogP contribution in [-0.2, 0) is 9.53 Å². The van der Waals surface area contributed by atoms with Crippen molar-refractivity contribution in [1.82, 2.24) is 10.3 Å². The Labute approximate surface area is 243 Å². The van der Waals surface area contributed by atoms with Gasteiger partial charge in [-0.1, -0.05) is 19.1 Å². The number of phenols is 1. The fraction of sp³-hybridized carbons (Fsp3) is 0.323. The molecule has 10 heteroatoms. The largest absolute Gasteiger partial charge is 0.504 e. The van der Waals surface area contributed by atoms with Gasteiger partial charge in [0.05, 0.1) is 17.5 Å². The van der Waals surface area contributed by atoms with Crippen molar-refractivity contribution in [1.29, 1.82) is 0 Å². The van der Waals surface area contributed by atoms with Gasteiger partial charge in [-0.2, -0.15) is 0 Å². The number of carbonyl (C=O) groups excluding carboxylic acids is 2. The van der Waals surface area contributed by atoms with Gasteiger partial charge in [0.1, 0.15) is 23.7 Å². The van der Waals surface area contributed by atoms with E-state index in [-0.39, 0.29) is 23.7 Å². The topological polar surface area (TPSA) is 133 Å². The van der Waals surface area contributed by atoms with Crippen molar-refractivity contribution < 1.29 is 28.9 Å². The van der Waals surface area contributed by atoms with Gasteiger partial charge in [0.2, 0.25) is 0 Å². The molecule has 4 N–H and O–H groups in total. The third-order valence-corrected chi connectivity index (χ3v) is 7.51. The molecule has 9 nitrogen and oxygen atoms in total. The van der Waals surface area contributed by atoms with Crippen LogP contribution in [0, 0.1) is 0 Å². The van der Waals surface area contributed by atoms with Gasteiger partial charge in [-0.25, -0.2) is 0 Å². The molecule has 0 bridgehead atoms. The Hall–Kier alpha value is -4.15. The van der Waals surface area contributed by atoms with Crippen LogP contribution in [-0.4, -0.2) is 41.2 Å². The van der Waals surface area contributed by atoms with Gasteiger partial charge in [-0.3, -0.25) is 14.6 Å². The fourth-order valence-corrected chi connectivity index (χ4v) is 4.94. The SMILES string of the molecule is CCC(N)C(=O)OC1CCCC1.COc1cc2c(OC3=CC=C(NC(=O)c4cccs4)C=CC3)ccnc2cc1O. The first-order valence-electron chi connectivity index (χ1n) is 13.6. The molecule has 41 heavy (non-hydrogen) atoms. The number of hydrogen-bond donors (Lipinski definition) is 3. The Morgan fingerprint density at radius 1 is 1.20 bits per heavy atom. The van der Waals surface area contributed by atoms with Crippen molar-refractivity contribution in [3.05, 3.63) is 82.5 Å². The molecule has 1 atom stereocenters. The quantitative estimate of drug-likeness (QED) is 0.288. The maximum Gasteiger partial charge on any atom is 0.323 e. The number of benzene rings is 1. The number of ether oxygens (including phenoxy) is 3. The van der Waals surface area contributed by atoms with Crippen LogP contribution in [0.4, 0.5) is 0 Å². The summed E-state index contributed by atoms with van der Waals surface area (Å²) >= 11 is 1.39. The summed E-state index contributed by atoms with van der Waals surface area (Å²) < 4.78 is 16.5. The van der Waals surface area contributed by atoms with Gasteiger partial charge in [0.25, 0.3) is 5.91 Å². The predicted octanol–water partition coefficient (Wildman–Crippen LogP) is 5.76. The molecule has 1 amide bonds. The molecule has 0 spiro atoms. The van der Waals surface area contributed by atoms with Crippen LogP contribution in [0.3, 0.4) is 0 Å². The summed E-state index contributed by atoms with van der Waals surface area (Å²) in [5.41, 5.74) is 6.81. The van der Waals surface area contributed by atoms with E-state index in [1.165, 1.54) is 31.3 Å². The van der Waals surface area contributed by atoms with E-state index in [0.29, 0.717) is 46.2 Å². The Morgan fingerprint density at radius 3 is 2.71 bits per heavy atom. The fourth-order valence-electron chi connectivity index (χ4n) is 4.32. The molecule has 2 aliphatic rings. The number of hydrogen-bond acceptors (Lipinski definition) is 9. The van der Waals surface area contributed by atoms with Gasteiger partial charge in [-0.15, -0.1) is 11.3 Å². The highest BCUT2D eigenvalue weighted by Gasteiger charge is 2.22. The Morgan fingerprint density at radius 2 is 2.00 bits per heavy atom. The maximum atomic E-state index is 12.2. The first-order valence-corrected chi connectivity index (χ1v) is 14.5. The summed E-state index contributed by atoms with van der Waals surface area (Å²) in [6.07, 6.45) is 14.8. The number of carbonyl (C=O) groups is 2. The average Bonchev–Trinajstić information content (AvgIpc) is 3.66. The number of allylic oxidation sites excluding steroid dienone is 4. The van der Waals surface area contributed by atoms with Gasteiger partial charge in [0, 0.05) is 29.8 Å². The Balaban J connectivity index is 0.000000271. The van der Waals surface area contributed by atoms with E-state index in [4.69, 9.17) is 19.9 Å². The molecule has 3 aromatic rings. The number of thiophene rings is 1. The Bertz CT molecular complexity index is 1440. The smallest absolute Gasteiger partial charge is 0.323 e. The van der Waals surface area contributed by atoms with Crippen molar-refractivity contribution in [2.45, 2.75) is 57.6 Å². The molecule has 2 aromatic heterocycles. The van der Waals surface area contributed by atoms with Crippen molar-refractivity contribution in [2.75, 3.05) is 7.11 Å². The van der Waals surface area contributed by atoms with Gasteiger partial charge < -0.3 is 30.4 Å². The lowest BCUT2D eigenvalue weighted by Gasteiger charge is -2.14. The molecule has 1 unspecified atom stereocenters. The molecule has 0 aliphatic heterocycles. The highest BCUT2D eigenvalue weighted by molar-refractivity contribution is 7.12. The van der Waals surface area contributed by atoms with E-state index in [1.54, 1.807) is 36.5 Å². The lowest BCUT2D eigenvalue weighted by Crippen LogP contribution is -2.33. The molecule has 0 radical (unpaired) electrons. The van der Waals surface area contributed by atoms with Crippen LogP contribution in [0.15, 0.2) is 77.7 Å². The summed E-state index contributed by atoms with van der Waals surface area (Å²) in [6, 6.07) is 8.20. The lowest BCUT2D eigenvalue weighted by molar-refractivity contribution is -0.150. The second kappa shape index (κ2) is 14.5. The zero-order valence-corrected chi connectivity index (χ0v) is 24.0. The van der Waals surface area contributed by atoms with E-state index in [0.717, 1.165) is 18.2 Å². The third kappa shape index (κ3) is 8.18. The number of esters is 1. The van der Waals surface area contributed by atoms with Gasteiger partial charge >= 0.3 is 5.97 Å². The molecule has 1 fully saturated rings. The highest BCUT2D eigenvalue weighted by Crippen LogP contribution is 2.35. The monoisotopic (exact) mass is 577 g/mol. The second-order valence-electron chi connectivity index (χ2n) is 9.60. The zero-order valence-electron chi connectivity index (χ0n) is 23.2. The lowest BCUT2D eigenvalue weighted by atomic mass is 10.2. The van der Waals surface area contributed by atoms with Crippen LogP contribution in [0.2, 0.25) is 0 Å². The summed E-state index contributed by atoms with van der Waals surface area (Å²) in [5.74, 6) is 1.32. The number of phenolic OH excluding ortho intramolecular Hbond substituents is 1. The minimum absolute atomic E-state index is 0.0234. The van der Waals surface area contributed by atoms with E-state index >= 15 is 0 Å². The number of aromatic hydroxyl groups is 1. The van der Waals surface area contributed by atoms with Crippen molar-refractivity contribution in [2.24, 2.45) is 5.73 Å². The second-order valence-corrected chi connectivity index (χ2v) is 10.6. The molecule has 2 aliphatic carbocycles.